The maximum atomic E-state index is 11.9. The van der Waals surface area contributed by atoms with E-state index in [1.807, 2.05) is 18.2 Å². The van der Waals surface area contributed by atoms with Crippen LogP contribution in [0, 0.1) is 0 Å². The zero-order chi connectivity index (χ0) is 15.6. The summed E-state index contributed by atoms with van der Waals surface area (Å²) in [6, 6.07) is 5.58. The van der Waals surface area contributed by atoms with E-state index in [-0.39, 0.29) is 24.1 Å². The zero-order valence-electron chi connectivity index (χ0n) is 12.1. The van der Waals surface area contributed by atoms with Crippen molar-refractivity contribution in [3.8, 4) is 0 Å². The molecule has 1 aliphatic rings. The molecule has 0 saturated carbocycles. The Hall–Kier alpha value is -1.11. The number of nitrogens with one attached hydrogen (secondary N) is 1. The van der Waals surface area contributed by atoms with E-state index in [1.165, 1.54) is 14.1 Å². The van der Waals surface area contributed by atoms with Crippen molar-refractivity contribution in [3.05, 3.63) is 34.3 Å². The molecule has 1 aromatic rings. The van der Waals surface area contributed by atoms with Crippen LogP contribution in [0.3, 0.4) is 0 Å². The van der Waals surface area contributed by atoms with Crippen molar-refractivity contribution in [1.82, 2.24) is 9.62 Å². The summed E-state index contributed by atoms with van der Waals surface area (Å²) in [6.07, 6.45) is 1.59. The minimum absolute atomic E-state index is 0.0348. The van der Waals surface area contributed by atoms with Gasteiger partial charge in [-0.25, -0.2) is 12.7 Å². The number of nitrogens with zero attached hydrogens (tertiary/aromatic N) is 1. The highest BCUT2D eigenvalue weighted by atomic mass is 35.5. The highest BCUT2D eigenvalue weighted by Gasteiger charge is 2.26. The van der Waals surface area contributed by atoms with Gasteiger partial charge in [0.15, 0.2) is 0 Å². The lowest BCUT2D eigenvalue weighted by molar-refractivity contribution is -0.121. The molecule has 0 fully saturated rings. The molecule has 0 bridgehead atoms. The van der Waals surface area contributed by atoms with Gasteiger partial charge in [-0.05, 0) is 30.0 Å². The fraction of sp³-hybridized carbons (Fsp3) is 0.500. The van der Waals surface area contributed by atoms with Gasteiger partial charge in [-0.1, -0.05) is 23.7 Å². The fourth-order valence-corrected chi connectivity index (χ4v) is 3.52. The average molecular weight is 331 g/mol. The minimum Gasteiger partial charge on any atom is -0.349 e. The number of fused-ring (bicyclic) bond motifs is 1. The minimum atomic E-state index is -3.34. The summed E-state index contributed by atoms with van der Waals surface area (Å²) < 4.78 is 24.4. The Kier molecular flexibility index (Phi) is 4.91. The highest BCUT2D eigenvalue weighted by molar-refractivity contribution is 7.89. The van der Waals surface area contributed by atoms with Crippen LogP contribution in [0.5, 0.6) is 0 Å². The summed E-state index contributed by atoms with van der Waals surface area (Å²) >= 11 is 6.13. The monoisotopic (exact) mass is 330 g/mol. The molecule has 116 valence electrons. The third-order valence-corrected chi connectivity index (χ3v) is 5.88. The Labute approximate surface area is 130 Å². The second kappa shape index (κ2) is 6.34. The van der Waals surface area contributed by atoms with Gasteiger partial charge in [0.05, 0.1) is 11.8 Å². The first-order valence-corrected chi connectivity index (χ1v) is 8.77. The van der Waals surface area contributed by atoms with Gasteiger partial charge in [0.1, 0.15) is 0 Å². The van der Waals surface area contributed by atoms with Crippen molar-refractivity contribution in [2.45, 2.75) is 25.3 Å². The van der Waals surface area contributed by atoms with E-state index in [1.54, 1.807) is 0 Å². The molecule has 0 aliphatic heterocycles. The van der Waals surface area contributed by atoms with Crippen molar-refractivity contribution < 1.29 is 13.2 Å². The van der Waals surface area contributed by atoms with Gasteiger partial charge in [-0.2, -0.15) is 0 Å². The van der Waals surface area contributed by atoms with Crippen LogP contribution in [0.1, 0.15) is 30.0 Å². The number of sulfonamides is 1. The first-order valence-electron chi connectivity index (χ1n) is 6.78. The van der Waals surface area contributed by atoms with Gasteiger partial charge in [-0.15, -0.1) is 0 Å². The lowest BCUT2D eigenvalue weighted by Crippen LogP contribution is -2.31. The van der Waals surface area contributed by atoms with Gasteiger partial charge >= 0.3 is 0 Å². The molecule has 7 heteroatoms. The van der Waals surface area contributed by atoms with Gasteiger partial charge in [-0.3, -0.25) is 4.79 Å². The quantitative estimate of drug-likeness (QED) is 0.894. The van der Waals surface area contributed by atoms with E-state index >= 15 is 0 Å². The average Bonchev–Trinajstić information content (AvgIpc) is 2.81. The smallest absolute Gasteiger partial charge is 0.221 e. The van der Waals surface area contributed by atoms with Gasteiger partial charge in [0, 0.05) is 25.5 Å². The Morgan fingerprint density at radius 1 is 1.43 bits per heavy atom. The number of halogens is 1. The number of hydrogen-bond donors (Lipinski definition) is 1. The van der Waals surface area contributed by atoms with Crippen molar-refractivity contribution in [3.63, 3.8) is 0 Å². The van der Waals surface area contributed by atoms with Crippen LogP contribution in [0.25, 0.3) is 0 Å². The standard InChI is InChI=1S/C14H19ClN2O3S/c1-17(2)21(19,20)9-8-14(18)16-13-7-6-10-11(13)4-3-5-12(10)15/h3-5,13H,6-9H2,1-2H3,(H,16,18). The van der Waals surface area contributed by atoms with Gasteiger partial charge < -0.3 is 5.32 Å². The first kappa shape index (κ1) is 16.3. The lowest BCUT2D eigenvalue weighted by atomic mass is 10.1. The number of rotatable bonds is 5. The number of carbonyl (C=O) groups is 1. The molecule has 0 aromatic heterocycles. The van der Waals surface area contributed by atoms with Crippen LogP contribution in [-0.4, -0.2) is 38.5 Å². The van der Waals surface area contributed by atoms with Gasteiger partial charge in [0.2, 0.25) is 15.9 Å². The molecule has 0 radical (unpaired) electrons. The number of hydrogen-bond acceptors (Lipinski definition) is 3. The summed E-state index contributed by atoms with van der Waals surface area (Å²) in [6.45, 7) is 0. The van der Waals surface area contributed by atoms with Crippen LogP contribution in [0.15, 0.2) is 18.2 Å². The van der Waals surface area contributed by atoms with E-state index in [2.05, 4.69) is 5.32 Å². The topological polar surface area (TPSA) is 66.5 Å². The summed E-state index contributed by atoms with van der Waals surface area (Å²) in [7, 11) is -0.421. The molecule has 1 aliphatic carbocycles. The van der Waals surface area contributed by atoms with Crippen LogP contribution < -0.4 is 5.32 Å². The molecule has 1 aromatic carbocycles. The van der Waals surface area contributed by atoms with Crippen LogP contribution in [0.4, 0.5) is 0 Å². The van der Waals surface area contributed by atoms with Crippen molar-refractivity contribution in [1.29, 1.82) is 0 Å². The number of carbonyl (C=O) groups excluding carboxylic acids is 1. The second-order valence-electron chi connectivity index (χ2n) is 5.31. The molecule has 2 rings (SSSR count). The molecular weight excluding hydrogens is 312 g/mol. The number of benzene rings is 1. The Morgan fingerprint density at radius 2 is 2.14 bits per heavy atom. The molecule has 1 unspecified atom stereocenters. The molecule has 0 spiro atoms. The van der Waals surface area contributed by atoms with E-state index < -0.39 is 10.0 Å². The van der Waals surface area contributed by atoms with E-state index in [0.29, 0.717) is 0 Å². The summed E-state index contributed by atoms with van der Waals surface area (Å²) in [4.78, 5) is 11.9. The molecule has 5 nitrogen and oxygen atoms in total. The van der Waals surface area contributed by atoms with E-state index in [0.717, 1.165) is 33.3 Å². The Bertz CT molecular complexity index is 644. The molecular formula is C14H19ClN2O3S. The Balaban J connectivity index is 1.96. The maximum absolute atomic E-state index is 11.9. The third-order valence-electron chi connectivity index (χ3n) is 3.69. The van der Waals surface area contributed by atoms with Crippen molar-refractivity contribution in [2.24, 2.45) is 0 Å². The van der Waals surface area contributed by atoms with Crippen LogP contribution in [-0.2, 0) is 21.2 Å². The lowest BCUT2D eigenvalue weighted by Gasteiger charge is -2.15. The molecule has 0 saturated heterocycles. The van der Waals surface area contributed by atoms with Gasteiger partial charge in [0.25, 0.3) is 0 Å². The zero-order valence-corrected chi connectivity index (χ0v) is 13.7. The molecule has 0 heterocycles. The fourth-order valence-electron chi connectivity index (χ4n) is 2.43. The first-order chi connectivity index (χ1) is 9.81. The third kappa shape index (κ3) is 3.75. The second-order valence-corrected chi connectivity index (χ2v) is 8.02. The van der Waals surface area contributed by atoms with Crippen LogP contribution >= 0.6 is 11.6 Å². The molecule has 1 N–H and O–H groups in total. The SMILES string of the molecule is CN(C)S(=O)(=O)CCC(=O)NC1CCc2c(Cl)cccc21. The van der Waals surface area contributed by atoms with E-state index in [4.69, 9.17) is 11.6 Å². The molecule has 1 atom stereocenters. The molecule has 21 heavy (non-hydrogen) atoms. The predicted molar refractivity (Wildman–Crippen MR) is 82.7 cm³/mol. The van der Waals surface area contributed by atoms with Crippen molar-refractivity contribution >= 4 is 27.5 Å². The van der Waals surface area contributed by atoms with E-state index in [9.17, 15) is 13.2 Å². The maximum Gasteiger partial charge on any atom is 0.221 e. The van der Waals surface area contributed by atoms with Crippen LogP contribution in [0.2, 0.25) is 5.02 Å². The predicted octanol–water partition coefficient (Wildman–Crippen LogP) is 1.73. The Morgan fingerprint density at radius 3 is 2.81 bits per heavy atom. The normalized spacial score (nSPS) is 17.8. The summed E-state index contributed by atoms with van der Waals surface area (Å²) in [5.41, 5.74) is 2.11. The molecule has 1 amide bonds. The number of amides is 1. The largest absolute Gasteiger partial charge is 0.349 e. The van der Waals surface area contributed by atoms with Crippen molar-refractivity contribution in [2.75, 3.05) is 19.8 Å². The summed E-state index contributed by atoms with van der Waals surface area (Å²) in [5.74, 6) is -0.431. The highest BCUT2D eigenvalue weighted by Crippen LogP contribution is 2.35. The summed E-state index contributed by atoms with van der Waals surface area (Å²) in [5, 5.41) is 3.61.